The Morgan fingerprint density at radius 2 is 2.00 bits per heavy atom. The Labute approximate surface area is 114 Å². The summed E-state index contributed by atoms with van der Waals surface area (Å²) in [6.07, 6.45) is 0.0151. The van der Waals surface area contributed by atoms with Gasteiger partial charge < -0.3 is 10.4 Å². The number of carbonyl (C=O) groups is 2. The molecule has 6 heteroatoms. The van der Waals surface area contributed by atoms with E-state index in [2.05, 4.69) is 5.32 Å². The largest absolute Gasteiger partial charge is 0.478 e. The number of nitrogens with one attached hydrogen (secondary N) is 1. The van der Waals surface area contributed by atoms with Crippen LogP contribution in [0.4, 0.5) is 0 Å². The fourth-order valence-corrected chi connectivity index (χ4v) is 2.19. The van der Waals surface area contributed by atoms with Crippen molar-refractivity contribution in [2.45, 2.75) is 13.3 Å². The highest BCUT2D eigenvalue weighted by Crippen LogP contribution is 2.09. The Kier molecular flexibility index (Phi) is 6.21. The van der Waals surface area contributed by atoms with Crippen molar-refractivity contribution in [2.24, 2.45) is 0 Å². The molecule has 1 amide bonds. The van der Waals surface area contributed by atoms with Crippen LogP contribution >= 0.6 is 0 Å². The number of rotatable bonds is 7. The first kappa shape index (κ1) is 15.4. The standard InChI is InChI=1S/C13H17NO4S/c1-2-19(18)8-7-14-12(15)9-10-5-3-4-6-11(10)13(16)17/h3-6H,2,7-9H2,1H3,(H,14,15)(H,16,17). The molecule has 1 atom stereocenters. The number of carboxylic acid groups (broad SMARTS) is 1. The molecule has 19 heavy (non-hydrogen) atoms. The molecule has 0 aliphatic carbocycles. The molecule has 0 fully saturated rings. The van der Waals surface area contributed by atoms with Gasteiger partial charge in [-0.3, -0.25) is 9.00 Å². The van der Waals surface area contributed by atoms with E-state index in [9.17, 15) is 13.8 Å². The van der Waals surface area contributed by atoms with Crippen LogP contribution in [0, 0.1) is 0 Å². The Balaban J connectivity index is 2.53. The summed E-state index contributed by atoms with van der Waals surface area (Å²) in [5, 5.41) is 11.6. The molecule has 2 N–H and O–H groups in total. The lowest BCUT2D eigenvalue weighted by atomic mass is 10.0. The third-order valence-electron chi connectivity index (χ3n) is 2.57. The fourth-order valence-electron chi connectivity index (χ4n) is 1.57. The van der Waals surface area contributed by atoms with Gasteiger partial charge in [-0.25, -0.2) is 4.79 Å². The quantitative estimate of drug-likeness (QED) is 0.775. The summed E-state index contributed by atoms with van der Waals surface area (Å²) >= 11 is 0. The lowest BCUT2D eigenvalue weighted by Crippen LogP contribution is -2.29. The van der Waals surface area contributed by atoms with E-state index in [0.29, 0.717) is 23.6 Å². The summed E-state index contributed by atoms with van der Waals surface area (Å²) in [5.74, 6) is -0.321. The van der Waals surface area contributed by atoms with Crippen LogP contribution in [-0.2, 0) is 22.0 Å². The molecule has 0 aliphatic rings. The van der Waals surface area contributed by atoms with Crippen LogP contribution in [0.5, 0.6) is 0 Å². The summed E-state index contributed by atoms with van der Waals surface area (Å²) in [7, 11) is -0.910. The molecule has 0 aliphatic heterocycles. The van der Waals surface area contributed by atoms with E-state index in [1.807, 2.05) is 6.92 Å². The van der Waals surface area contributed by atoms with Crippen LogP contribution in [0.2, 0.25) is 0 Å². The van der Waals surface area contributed by atoms with E-state index in [-0.39, 0.29) is 17.9 Å². The van der Waals surface area contributed by atoms with Crippen LogP contribution in [0.15, 0.2) is 24.3 Å². The van der Waals surface area contributed by atoms with Crippen LogP contribution in [0.3, 0.4) is 0 Å². The average Bonchev–Trinajstić information content (AvgIpc) is 2.38. The predicted molar refractivity (Wildman–Crippen MR) is 73.7 cm³/mol. The molecular formula is C13H17NO4S. The molecule has 0 spiro atoms. The minimum Gasteiger partial charge on any atom is -0.478 e. The van der Waals surface area contributed by atoms with Gasteiger partial charge in [-0.05, 0) is 11.6 Å². The smallest absolute Gasteiger partial charge is 0.335 e. The van der Waals surface area contributed by atoms with Gasteiger partial charge in [0.15, 0.2) is 0 Å². The molecule has 0 saturated carbocycles. The molecule has 104 valence electrons. The SMILES string of the molecule is CCS(=O)CCNC(=O)Cc1ccccc1C(=O)O. The number of benzene rings is 1. The molecule has 0 saturated heterocycles. The number of hydrogen-bond acceptors (Lipinski definition) is 3. The second kappa shape index (κ2) is 7.68. The molecule has 1 aromatic carbocycles. The molecule has 0 radical (unpaired) electrons. The monoisotopic (exact) mass is 283 g/mol. The van der Waals surface area contributed by atoms with Crippen LogP contribution in [0.25, 0.3) is 0 Å². The van der Waals surface area contributed by atoms with Gasteiger partial charge in [-0.1, -0.05) is 25.1 Å². The topological polar surface area (TPSA) is 83.5 Å². The summed E-state index contributed by atoms with van der Waals surface area (Å²) < 4.78 is 11.2. The number of amides is 1. The lowest BCUT2D eigenvalue weighted by Gasteiger charge is -2.07. The molecule has 0 aromatic heterocycles. The Morgan fingerprint density at radius 3 is 2.63 bits per heavy atom. The third kappa shape index (κ3) is 5.21. The van der Waals surface area contributed by atoms with Gasteiger partial charge >= 0.3 is 5.97 Å². The Morgan fingerprint density at radius 1 is 1.32 bits per heavy atom. The first-order valence-electron chi connectivity index (χ1n) is 5.97. The maximum absolute atomic E-state index is 11.7. The molecule has 0 bridgehead atoms. The van der Waals surface area contributed by atoms with Gasteiger partial charge in [0.05, 0.1) is 12.0 Å². The van der Waals surface area contributed by atoms with Gasteiger partial charge in [0.2, 0.25) is 5.91 Å². The molecular weight excluding hydrogens is 266 g/mol. The van der Waals surface area contributed by atoms with Crippen molar-refractivity contribution in [3.05, 3.63) is 35.4 Å². The Hall–Kier alpha value is -1.69. The van der Waals surface area contributed by atoms with E-state index in [1.54, 1.807) is 18.2 Å². The minimum atomic E-state index is -1.05. The van der Waals surface area contributed by atoms with Gasteiger partial charge in [0.1, 0.15) is 0 Å². The number of carbonyl (C=O) groups excluding carboxylic acids is 1. The zero-order valence-corrected chi connectivity index (χ0v) is 11.5. The van der Waals surface area contributed by atoms with Crippen molar-refractivity contribution >= 4 is 22.7 Å². The maximum atomic E-state index is 11.7. The normalized spacial score (nSPS) is 11.8. The first-order valence-corrected chi connectivity index (χ1v) is 7.46. The van der Waals surface area contributed by atoms with Gasteiger partial charge in [-0.2, -0.15) is 0 Å². The van der Waals surface area contributed by atoms with Gasteiger partial charge in [0, 0.05) is 28.9 Å². The van der Waals surface area contributed by atoms with E-state index in [0.717, 1.165) is 0 Å². The van der Waals surface area contributed by atoms with E-state index < -0.39 is 16.8 Å². The third-order valence-corrected chi connectivity index (χ3v) is 3.88. The zero-order valence-electron chi connectivity index (χ0n) is 10.7. The van der Waals surface area contributed by atoms with Crippen LogP contribution in [0.1, 0.15) is 22.8 Å². The highest BCUT2D eigenvalue weighted by molar-refractivity contribution is 7.84. The molecule has 1 unspecified atom stereocenters. The fraction of sp³-hybridized carbons (Fsp3) is 0.385. The van der Waals surface area contributed by atoms with E-state index >= 15 is 0 Å². The van der Waals surface area contributed by atoms with Crippen molar-refractivity contribution < 1.29 is 18.9 Å². The second-order valence-corrected chi connectivity index (χ2v) is 5.79. The summed E-state index contributed by atoms with van der Waals surface area (Å²) in [5.41, 5.74) is 0.610. The number of hydrogen-bond donors (Lipinski definition) is 2. The summed E-state index contributed by atoms with van der Waals surface area (Å²) in [6.45, 7) is 2.16. The highest BCUT2D eigenvalue weighted by atomic mass is 32.2. The van der Waals surface area contributed by atoms with Crippen molar-refractivity contribution in [3.8, 4) is 0 Å². The second-order valence-electron chi connectivity index (χ2n) is 3.92. The Bertz CT molecular complexity index is 487. The first-order chi connectivity index (χ1) is 9.04. The van der Waals surface area contributed by atoms with Crippen molar-refractivity contribution in [1.29, 1.82) is 0 Å². The highest BCUT2D eigenvalue weighted by Gasteiger charge is 2.12. The predicted octanol–water partition coefficient (Wildman–Crippen LogP) is 0.812. The average molecular weight is 283 g/mol. The van der Waals surface area contributed by atoms with Gasteiger partial charge in [0.25, 0.3) is 0 Å². The summed E-state index contributed by atoms with van der Waals surface area (Å²) in [4.78, 5) is 22.6. The zero-order chi connectivity index (χ0) is 14.3. The minimum absolute atomic E-state index is 0.0151. The van der Waals surface area contributed by atoms with Crippen LogP contribution < -0.4 is 5.32 Å². The summed E-state index contributed by atoms with van der Waals surface area (Å²) in [6, 6.07) is 6.40. The molecule has 1 rings (SSSR count). The number of aromatic carboxylic acids is 1. The van der Waals surface area contributed by atoms with Crippen molar-refractivity contribution in [1.82, 2.24) is 5.32 Å². The lowest BCUT2D eigenvalue weighted by molar-refractivity contribution is -0.120. The van der Waals surface area contributed by atoms with E-state index in [1.165, 1.54) is 6.07 Å². The molecule has 1 aromatic rings. The maximum Gasteiger partial charge on any atom is 0.335 e. The van der Waals surface area contributed by atoms with Crippen LogP contribution in [-0.4, -0.2) is 39.2 Å². The van der Waals surface area contributed by atoms with Crippen molar-refractivity contribution in [2.75, 3.05) is 18.1 Å². The number of carboxylic acids is 1. The van der Waals surface area contributed by atoms with E-state index in [4.69, 9.17) is 5.11 Å². The van der Waals surface area contributed by atoms with Gasteiger partial charge in [-0.15, -0.1) is 0 Å². The molecule has 5 nitrogen and oxygen atoms in total. The van der Waals surface area contributed by atoms with Crippen molar-refractivity contribution in [3.63, 3.8) is 0 Å². The molecule has 0 heterocycles.